The molecule has 2 aliphatic rings. The van der Waals surface area contributed by atoms with E-state index in [1.807, 2.05) is 0 Å². The van der Waals surface area contributed by atoms with Gasteiger partial charge < -0.3 is 9.84 Å². The Morgan fingerprint density at radius 3 is 2.74 bits per heavy atom. The second-order valence-electron chi connectivity index (χ2n) is 6.74. The van der Waals surface area contributed by atoms with Gasteiger partial charge in [0, 0.05) is 19.2 Å². The molecule has 2 rings (SSSR count). The van der Waals surface area contributed by atoms with E-state index in [1.165, 1.54) is 19.3 Å². The van der Waals surface area contributed by atoms with Crippen LogP contribution in [0.1, 0.15) is 52.9 Å². The number of ether oxygens (including phenoxy) is 1. The van der Waals surface area contributed by atoms with Gasteiger partial charge in [-0.15, -0.1) is 0 Å². The maximum absolute atomic E-state index is 10.4. The maximum Gasteiger partial charge on any atom is 0.0702 e. The van der Waals surface area contributed by atoms with E-state index in [0.717, 1.165) is 32.5 Å². The number of rotatable bonds is 4. The van der Waals surface area contributed by atoms with Gasteiger partial charge in [0.15, 0.2) is 0 Å². The fraction of sp³-hybridized carbons (Fsp3) is 1.00. The lowest BCUT2D eigenvalue weighted by Gasteiger charge is -2.46. The second kappa shape index (κ2) is 7.05. The Kier molecular flexibility index (Phi) is 5.67. The zero-order valence-corrected chi connectivity index (χ0v) is 12.8. The number of aliphatic hydroxyl groups is 1. The number of nitrogens with zero attached hydrogens (tertiary/aromatic N) is 1. The van der Waals surface area contributed by atoms with Crippen LogP contribution in [0, 0.1) is 11.8 Å². The summed E-state index contributed by atoms with van der Waals surface area (Å²) in [6.07, 6.45) is 5.93. The highest BCUT2D eigenvalue weighted by atomic mass is 16.5. The Morgan fingerprint density at radius 1 is 1.26 bits per heavy atom. The minimum absolute atomic E-state index is 0.149. The molecule has 0 aromatic heterocycles. The van der Waals surface area contributed by atoms with E-state index < -0.39 is 0 Å². The van der Waals surface area contributed by atoms with Gasteiger partial charge >= 0.3 is 0 Å². The van der Waals surface area contributed by atoms with Gasteiger partial charge in [-0.3, -0.25) is 4.90 Å². The van der Waals surface area contributed by atoms with Crippen molar-refractivity contribution in [2.24, 2.45) is 11.8 Å². The summed E-state index contributed by atoms with van der Waals surface area (Å²) in [4.78, 5) is 2.50. The molecule has 19 heavy (non-hydrogen) atoms. The average Bonchev–Trinajstić information content (AvgIpc) is 2.35. The van der Waals surface area contributed by atoms with Gasteiger partial charge in [0.2, 0.25) is 0 Å². The van der Waals surface area contributed by atoms with Gasteiger partial charge in [-0.2, -0.15) is 0 Å². The molecule has 5 atom stereocenters. The third-order valence-corrected chi connectivity index (χ3v) is 4.78. The van der Waals surface area contributed by atoms with E-state index in [2.05, 4.69) is 25.7 Å². The number of aliphatic hydroxyl groups excluding tert-OH is 1. The Bertz CT molecular complexity index is 259. The summed E-state index contributed by atoms with van der Waals surface area (Å²) in [6.45, 7) is 9.75. The van der Waals surface area contributed by atoms with Crippen LogP contribution in [0.4, 0.5) is 0 Å². The van der Waals surface area contributed by atoms with Gasteiger partial charge in [0.05, 0.1) is 12.2 Å². The van der Waals surface area contributed by atoms with Crippen molar-refractivity contribution in [1.82, 2.24) is 4.90 Å². The molecule has 0 amide bonds. The van der Waals surface area contributed by atoms with Gasteiger partial charge in [0.25, 0.3) is 0 Å². The van der Waals surface area contributed by atoms with Crippen molar-refractivity contribution in [2.75, 3.05) is 19.7 Å². The quantitative estimate of drug-likeness (QED) is 0.851. The smallest absolute Gasteiger partial charge is 0.0702 e. The number of hydrogen-bond acceptors (Lipinski definition) is 3. The number of hydrogen-bond donors (Lipinski definition) is 1. The fourth-order valence-electron chi connectivity index (χ4n) is 4.06. The minimum Gasteiger partial charge on any atom is -0.391 e. The van der Waals surface area contributed by atoms with Crippen molar-refractivity contribution in [3.05, 3.63) is 0 Å². The van der Waals surface area contributed by atoms with Crippen molar-refractivity contribution in [3.63, 3.8) is 0 Å². The molecule has 1 aliphatic carbocycles. The summed E-state index contributed by atoms with van der Waals surface area (Å²) in [5.74, 6) is 1.27. The third kappa shape index (κ3) is 3.93. The molecule has 3 heteroatoms. The van der Waals surface area contributed by atoms with Crippen LogP contribution >= 0.6 is 0 Å². The Hall–Kier alpha value is -0.120. The Balaban J connectivity index is 1.92. The maximum atomic E-state index is 10.4. The van der Waals surface area contributed by atoms with Crippen molar-refractivity contribution < 1.29 is 9.84 Å². The second-order valence-corrected chi connectivity index (χ2v) is 6.74. The summed E-state index contributed by atoms with van der Waals surface area (Å²) in [6, 6.07) is 0.351. The van der Waals surface area contributed by atoms with E-state index in [0.29, 0.717) is 24.0 Å². The molecule has 3 nitrogen and oxygen atoms in total. The minimum atomic E-state index is -0.149. The normalized spacial score (nSPS) is 41.4. The first-order valence-corrected chi connectivity index (χ1v) is 8.15. The number of piperidine rings is 1. The predicted octanol–water partition coefficient (Wildman–Crippen LogP) is 2.67. The van der Waals surface area contributed by atoms with E-state index >= 15 is 0 Å². The molecule has 0 radical (unpaired) electrons. The van der Waals surface area contributed by atoms with Gasteiger partial charge in [-0.05, 0) is 50.5 Å². The summed E-state index contributed by atoms with van der Waals surface area (Å²) in [7, 11) is 0. The first-order valence-electron chi connectivity index (χ1n) is 8.15. The summed E-state index contributed by atoms with van der Waals surface area (Å²) in [5, 5.41) is 10.4. The highest BCUT2D eigenvalue weighted by Gasteiger charge is 2.38. The highest BCUT2D eigenvalue weighted by Crippen LogP contribution is 2.33. The topological polar surface area (TPSA) is 32.7 Å². The predicted molar refractivity (Wildman–Crippen MR) is 78.2 cm³/mol. The van der Waals surface area contributed by atoms with Crippen molar-refractivity contribution in [2.45, 2.75) is 71.1 Å². The first-order chi connectivity index (χ1) is 9.11. The molecule has 1 saturated carbocycles. The van der Waals surface area contributed by atoms with Crippen molar-refractivity contribution >= 4 is 0 Å². The van der Waals surface area contributed by atoms with Crippen molar-refractivity contribution in [3.8, 4) is 0 Å². The van der Waals surface area contributed by atoms with Crippen LogP contribution in [0.2, 0.25) is 0 Å². The molecule has 1 N–H and O–H groups in total. The molecule has 1 heterocycles. The lowest BCUT2D eigenvalue weighted by atomic mass is 9.76. The third-order valence-electron chi connectivity index (χ3n) is 4.78. The largest absolute Gasteiger partial charge is 0.391 e. The number of likely N-dealkylation sites (tertiary alicyclic amines) is 1. The standard InChI is InChI=1S/C16H31NO2/c1-4-8-19-14-6-5-7-17(11-14)16-13(3)9-12(2)10-15(16)18/h12-16,18H,4-11H2,1-3H3. The monoisotopic (exact) mass is 269 g/mol. The van der Waals surface area contributed by atoms with Crippen LogP contribution in [0.15, 0.2) is 0 Å². The van der Waals surface area contributed by atoms with E-state index in [-0.39, 0.29) is 6.10 Å². The highest BCUT2D eigenvalue weighted by molar-refractivity contribution is 4.92. The Labute approximate surface area is 118 Å². The van der Waals surface area contributed by atoms with Crippen LogP contribution in [-0.2, 0) is 4.74 Å². The fourth-order valence-corrected chi connectivity index (χ4v) is 4.06. The lowest BCUT2D eigenvalue weighted by molar-refractivity contribution is -0.0687. The lowest BCUT2D eigenvalue weighted by Crippen LogP contribution is -2.55. The van der Waals surface area contributed by atoms with Gasteiger partial charge in [-0.1, -0.05) is 20.8 Å². The van der Waals surface area contributed by atoms with Gasteiger partial charge in [-0.25, -0.2) is 0 Å². The van der Waals surface area contributed by atoms with Crippen LogP contribution in [0.3, 0.4) is 0 Å². The zero-order valence-electron chi connectivity index (χ0n) is 12.8. The molecule has 2 fully saturated rings. The van der Waals surface area contributed by atoms with E-state index in [4.69, 9.17) is 4.74 Å². The molecule has 0 aromatic rings. The summed E-state index contributed by atoms with van der Waals surface area (Å²) >= 11 is 0. The van der Waals surface area contributed by atoms with E-state index in [9.17, 15) is 5.11 Å². The molecule has 112 valence electrons. The molecule has 1 aliphatic heterocycles. The Morgan fingerprint density at radius 2 is 2.05 bits per heavy atom. The molecule has 0 spiro atoms. The molecule has 0 bridgehead atoms. The van der Waals surface area contributed by atoms with E-state index in [1.54, 1.807) is 0 Å². The van der Waals surface area contributed by atoms with Crippen LogP contribution in [0.5, 0.6) is 0 Å². The first kappa shape index (κ1) is 15.3. The van der Waals surface area contributed by atoms with Crippen LogP contribution in [-0.4, -0.2) is 48.0 Å². The van der Waals surface area contributed by atoms with Crippen molar-refractivity contribution in [1.29, 1.82) is 0 Å². The molecular formula is C16H31NO2. The summed E-state index contributed by atoms with van der Waals surface area (Å²) in [5.41, 5.74) is 0. The van der Waals surface area contributed by atoms with Crippen LogP contribution in [0.25, 0.3) is 0 Å². The molecule has 5 unspecified atom stereocenters. The zero-order chi connectivity index (χ0) is 13.8. The SMILES string of the molecule is CCCOC1CCCN(C2C(C)CC(C)CC2O)C1. The summed E-state index contributed by atoms with van der Waals surface area (Å²) < 4.78 is 5.92. The average molecular weight is 269 g/mol. The van der Waals surface area contributed by atoms with Gasteiger partial charge in [0.1, 0.15) is 0 Å². The van der Waals surface area contributed by atoms with Crippen LogP contribution < -0.4 is 0 Å². The molecule has 0 aromatic carbocycles. The molecule has 1 saturated heterocycles. The molecular weight excluding hydrogens is 238 g/mol.